The summed E-state index contributed by atoms with van der Waals surface area (Å²) in [5.41, 5.74) is 2.43. The Balaban J connectivity index is 1.75. The topological polar surface area (TPSA) is 47.8 Å². The zero-order valence-electron chi connectivity index (χ0n) is 14.9. The molecule has 0 aliphatic carbocycles. The zero-order valence-corrected chi connectivity index (χ0v) is 15.6. The molecule has 0 atom stereocenters. The largest absolute Gasteiger partial charge is 0.272 e. The van der Waals surface area contributed by atoms with Crippen LogP contribution in [0.3, 0.4) is 0 Å². The van der Waals surface area contributed by atoms with Gasteiger partial charge in [0.05, 0.1) is 0 Å². The van der Waals surface area contributed by atoms with E-state index in [-0.39, 0.29) is 5.91 Å². The van der Waals surface area contributed by atoms with Gasteiger partial charge in [-0.25, -0.2) is 4.98 Å². The molecule has 0 N–H and O–H groups in total. The Hall–Kier alpha value is -3.50. The molecule has 0 amide bonds. The molecule has 4 aromatic rings. The minimum atomic E-state index is -0.298. The minimum Gasteiger partial charge on any atom is -0.267 e. The molecule has 4 rings (SSSR count). The molecule has 0 spiro atoms. The van der Waals surface area contributed by atoms with Crippen molar-refractivity contribution in [2.75, 3.05) is 0 Å². The number of carbonyl (C=O) groups excluding carboxylic acids is 1. The van der Waals surface area contributed by atoms with Crippen LogP contribution in [0.1, 0.15) is 10.4 Å². The SMILES string of the molecule is O=C(/C=C/c1ccccc1Cl)n1nc(-c2ccccc2)nc1-c1ccccc1. The van der Waals surface area contributed by atoms with E-state index < -0.39 is 0 Å². The fraction of sp³-hybridized carbons (Fsp3) is 0. The van der Waals surface area contributed by atoms with Gasteiger partial charge in [-0.05, 0) is 17.7 Å². The Morgan fingerprint density at radius 1 is 0.821 bits per heavy atom. The van der Waals surface area contributed by atoms with Crippen molar-refractivity contribution in [1.82, 2.24) is 14.8 Å². The van der Waals surface area contributed by atoms with Gasteiger partial charge in [-0.3, -0.25) is 4.79 Å². The van der Waals surface area contributed by atoms with Crippen molar-refractivity contribution in [3.8, 4) is 22.8 Å². The van der Waals surface area contributed by atoms with E-state index in [0.717, 1.165) is 16.7 Å². The van der Waals surface area contributed by atoms with Gasteiger partial charge in [0.15, 0.2) is 11.6 Å². The highest BCUT2D eigenvalue weighted by Crippen LogP contribution is 2.23. The van der Waals surface area contributed by atoms with Crippen LogP contribution in [-0.2, 0) is 0 Å². The van der Waals surface area contributed by atoms with Crippen molar-refractivity contribution >= 4 is 23.6 Å². The Morgan fingerprint density at radius 2 is 1.43 bits per heavy atom. The van der Waals surface area contributed by atoms with Crippen molar-refractivity contribution in [3.63, 3.8) is 0 Å². The van der Waals surface area contributed by atoms with Crippen LogP contribution in [0.2, 0.25) is 5.02 Å². The van der Waals surface area contributed by atoms with Crippen LogP contribution >= 0.6 is 11.6 Å². The molecule has 0 aliphatic rings. The molecule has 5 heteroatoms. The average molecular weight is 386 g/mol. The van der Waals surface area contributed by atoms with E-state index in [9.17, 15) is 4.79 Å². The normalized spacial score (nSPS) is 11.0. The lowest BCUT2D eigenvalue weighted by molar-refractivity contribution is 0.0957. The highest BCUT2D eigenvalue weighted by Gasteiger charge is 2.17. The highest BCUT2D eigenvalue weighted by molar-refractivity contribution is 6.32. The van der Waals surface area contributed by atoms with Gasteiger partial charge in [0.2, 0.25) is 0 Å². The van der Waals surface area contributed by atoms with Crippen LogP contribution in [0.5, 0.6) is 0 Å². The first-order valence-electron chi connectivity index (χ1n) is 8.77. The van der Waals surface area contributed by atoms with Crippen molar-refractivity contribution in [2.24, 2.45) is 0 Å². The van der Waals surface area contributed by atoms with Crippen molar-refractivity contribution in [2.45, 2.75) is 0 Å². The first kappa shape index (κ1) is 17.9. The van der Waals surface area contributed by atoms with Crippen LogP contribution in [0.4, 0.5) is 0 Å². The fourth-order valence-electron chi connectivity index (χ4n) is 2.79. The lowest BCUT2D eigenvalue weighted by Gasteiger charge is -2.02. The predicted molar refractivity (Wildman–Crippen MR) is 112 cm³/mol. The minimum absolute atomic E-state index is 0.298. The Morgan fingerprint density at radius 3 is 2.11 bits per heavy atom. The van der Waals surface area contributed by atoms with E-state index in [1.807, 2.05) is 78.9 Å². The van der Waals surface area contributed by atoms with Gasteiger partial charge in [0, 0.05) is 22.2 Å². The number of halogens is 1. The van der Waals surface area contributed by atoms with E-state index >= 15 is 0 Å². The maximum atomic E-state index is 12.9. The number of hydrogen-bond donors (Lipinski definition) is 0. The maximum Gasteiger partial charge on any atom is 0.272 e. The molecule has 0 aliphatic heterocycles. The average Bonchev–Trinajstić information content (AvgIpc) is 3.20. The quantitative estimate of drug-likeness (QED) is 0.428. The molecule has 0 radical (unpaired) electrons. The van der Waals surface area contributed by atoms with Crippen molar-refractivity contribution < 1.29 is 4.79 Å². The van der Waals surface area contributed by atoms with Gasteiger partial charge < -0.3 is 0 Å². The van der Waals surface area contributed by atoms with E-state index in [0.29, 0.717) is 16.7 Å². The summed E-state index contributed by atoms with van der Waals surface area (Å²) in [4.78, 5) is 17.5. The molecule has 0 saturated heterocycles. The van der Waals surface area contributed by atoms with E-state index in [2.05, 4.69) is 10.1 Å². The monoisotopic (exact) mass is 385 g/mol. The smallest absolute Gasteiger partial charge is 0.267 e. The van der Waals surface area contributed by atoms with E-state index in [4.69, 9.17) is 11.6 Å². The third-order valence-electron chi connectivity index (χ3n) is 4.19. The van der Waals surface area contributed by atoms with Gasteiger partial charge >= 0.3 is 0 Å². The molecular weight excluding hydrogens is 370 g/mol. The summed E-state index contributed by atoms with van der Waals surface area (Å²) in [5, 5.41) is 5.05. The van der Waals surface area contributed by atoms with Crippen molar-refractivity contribution in [3.05, 3.63) is 102 Å². The number of nitrogens with zero attached hydrogens (tertiary/aromatic N) is 3. The van der Waals surface area contributed by atoms with E-state index in [1.54, 1.807) is 12.1 Å². The van der Waals surface area contributed by atoms with Crippen LogP contribution in [0, 0.1) is 0 Å². The highest BCUT2D eigenvalue weighted by atomic mass is 35.5. The summed E-state index contributed by atoms with van der Waals surface area (Å²) in [6.07, 6.45) is 3.14. The summed E-state index contributed by atoms with van der Waals surface area (Å²) in [6.45, 7) is 0. The lowest BCUT2D eigenvalue weighted by atomic mass is 10.2. The number of carbonyl (C=O) groups is 1. The lowest BCUT2D eigenvalue weighted by Crippen LogP contribution is -2.11. The zero-order chi connectivity index (χ0) is 19.3. The van der Waals surface area contributed by atoms with Crippen molar-refractivity contribution in [1.29, 1.82) is 0 Å². The Labute approximate surface area is 167 Å². The molecule has 1 aromatic heterocycles. The molecule has 3 aromatic carbocycles. The predicted octanol–water partition coefficient (Wildman–Crippen LogP) is 5.62. The van der Waals surface area contributed by atoms with Crippen LogP contribution in [0.25, 0.3) is 28.9 Å². The van der Waals surface area contributed by atoms with Crippen LogP contribution in [-0.4, -0.2) is 20.7 Å². The first-order valence-corrected chi connectivity index (χ1v) is 9.15. The number of hydrogen-bond acceptors (Lipinski definition) is 3. The maximum absolute atomic E-state index is 12.9. The van der Waals surface area contributed by atoms with E-state index in [1.165, 1.54) is 10.8 Å². The number of allylic oxidation sites excluding steroid dienone is 1. The van der Waals surface area contributed by atoms with Gasteiger partial charge in [-0.1, -0.05) is 90.5 Å². The molecule has 4 nitrogen and oxygen atoms in total. The number of aromatic nitrogens is 3. The summed E-state index contributed by atoms with van der Waals surface area (Å²) in [5.74, 6) is 0.695. The molecule has 0 unspecified atom stereocenters. The van der Waals surface area contributed by atoms with Gasteiger partial charge in [0.25, 0.3) is 5.91 Å². The third kappa shape index (κ3) is 3.77. The second-order valence-electron chi connectivity index (χ2n) is 6.10. The van der Waals surface area contributed by atoms with Gasteiger partial charge in [-0.15, -0.1) is 5.10 Å². The summed E-state index contributed by atoms with van der Waals surface area (Å²) in [7, 11) is 0. The second-order valence-corrected chi connectivity index (χ2v) is 6.50. The Bertz CT molecular complexity index is 1130. The molecule has 1 heterocycles. The number of benzene rings is 3. The summed E-state index contributed by atoms with van der Waals surface area (Å²) in [6, 6.07) is 26.5. The fourth-order valence-corrected chi connectivity index (χ4v) is 2.99. The van der Waals surface area contributed by atoms with Crippen LogP contribution < -0.4 is 0 Å². The molecule has 0 saturated carbocycles. The third-order valence-corrected chi connectivity index (χ3v) is 4.53. The summed E-state index contributed by atoms with van der Waals surface area (Å²) < 4.78 is 1.32. The first-order chi connectivity index (χ1) is 13.7. The van der Waals surface area contributed by atoms with Crippen LogP contribution in [0.15, 0.2) is 91.0 Å². The second kappa shape index (κ2) is 8.03. The number of rotatable bonds is 4. The summed E-state index contributed by atoms with van der Waals surface area (Å²) >= 11 is 6.17. The molecule has 28 heavy (non-hydrogen) atoms. The standard InChI is InChI=1S/C23H16ClN3O/c24-20-14-8-7-9-17(20)15-16-21(28)27-23(19-12-5-2-6-13-19)25-22(26-27)18-10-3-1-4-11-18/h1-16H/b16-15+. The van der Waals surface area contributed by atoms with Gasteiger partial charge in [-0.2, -0.15) is 4.68 Å². The Kier molecular flexibility index (Phi) is 5.13. The molecular formula is C23H16ClN3O. The van der Waals surface area contributed by atoms with Gasteiger partial charge in [0.1, 0.15) is 0 Å². The molecule has 0 fully saturated rings. The molecule has 0 bridgehead atoms. The molecule has 136 valence electrons.